The Morgan fingerprint density at radius 3 is 2.50 bits per heavy atom. The van der Waals surface area contributed by atoms with E-state index in [4.69, 9.17) is 11.5 Å². The fraction of sp³-hybridized carbons (Fsp3) is 0.818. The second-order valence-corrected chi connectivity index (χ2v) is 4.39. The largest absolute Gasteiger partial charge is 0.466 e. The lowest BCUT2D eigenvalue weighted by Crippen LogP contribution is -2.40. The van der Waals surface area contributed by atoms with Gasteiger partial charge >= 0.3 is 0 Å². The van der Waals surface area contributed by atoms with Crippen molar-refractivity contribution < 1.29 is 14.3 Å². The van der Waals surface area contributed by atoms with Crippen LogP contribution in [0, 0.1) is 11.8 Å². The predicted molar refractivity (Wildman–Crippen MR) is 59.5 cm³/mol. The topological polar surface area (TPSA) is 95.4 Å². The van der Waals surface area contributed by atoms with Crippen LogP contribution >= 0.6 is 0 Å². The van der Waals surface area contributed by atoms with Crippen LogP contribution in [0.2, 0.25) is 0 Å². The molecule has 5 heteroatoms. The zero-order valence-electron chi connectivity index (χ0n) is 9.43. The SMILES string of the molecule is NCC1CCC(C(=O)[C@@H](N)COC=O)CC1. The van der Waals surface area contributed by atoms with E-state index in [1.807, 2.05) is 0 Å². The van der Waals surface area contributed by atoms with E-state index in [1.165, 1.54) is 0 Å². The van der Waals surface area contributed by atoms with E-state index in [9.17, 15) is 9.59 Å². The van der Waals surface area contributed by atoms with Gasteiger partial charge in [0.05, 0.1) is 6.04 Å². The number of carbonyl (C=O) groups excluding carboxylic acids is 2. The standard InChI is InChI=1S/C11H20N2O3/c12-5-8-1-3-9(4-2-8)11(15)10(13)6-16-7-14/h7-10H,1-6,12-13H2/t8?,9?,10-/m0/s1. The van der Waals surface area contributed by atoms with Crippen molar-refractivity contribution in [3.05, 3.63) is 0 Å². The lowest BCUT2D eigenvalue weighted by Gasteiger charge is -2.28. The maximum atomic E-state index is 11.8. The summed E-state index contributed by atoms with van der Waals surface area (Å²) in [4.78, 5) is 21.8. The van der Waals surface area contributed by atoms with Crippen molar-refractivity contribution >= 4 is 12.3 Å². The van der Waals surface area contributed by atoms with Crippen molar-refractivity contribution in [3.8, 4) is 0 Å². The molecule has 1 aliphatic rings. The Kier molecular flexibility index (Phi) is 5.42. The highest BCUT2D eigenvalue weighted by atomic mass is 16.5. The average Bonchev–Trinajstić information content (AvgIpc) is 2.35. The predicted octanol–water partition coefficient (Wildman–Crippen LogP) is -0.179. The van der Waals surface area contributed by atoms with Gasteiger partial charge in [-0.25, -0.2) is 0 Å². The first-order chi connectivity index (χ1) is 7.69. The summed E-state index contributed by atoms with van der Waals surface area (Å²) < 4.78 is 4.50. The van der Waals surface area contributed by atoms with Crippen LogP contribution in [0.3, 0.4) is 0 Å². The van der Waals surface area contributed by atoms with E-state index in [2.05, 4.69) is 4.74 Å². The molecule has 16 heavy (non-hydrogen) atoms. The number of Topliss-reactive ketones (excluding diaryl/α,β-unsaturated/α-hetero) is 1. The van der Waals surface area contributed by atoms with Gasteiger partial charge in [-0.3, -0.25) is 9.59 Å². The molecule has 5 nitrogen and oxygen atoms in total. The molecule has 1 rings (SSSR count). The van der Waals surface area contributed by atoms with Crippen molar-refractivity contribution in [2.75, 3.05) is 13.2 Å². The highest BCUT2D eigenvalue weighted by Gasteiger charge is 2.28. The number of ether oxygens (including phenoxy) is 1. The number of hydrogen-bond acceptors (Lipinski definition) is 5. The molecule has 0 aliphatic heterocycles. The molecule has 0 radical (unpaired) electrons. The molecule has 92 valence electrons. The summed E-state index contributed by atoms with van der Waals surface area (Å²) in [5, 5.41) is 0. The number of ketones is 1. The molecule has 0 aromatic heterocycles. The van der Waals surface area contributed by atoms with Crippen LogP contribution in [0.5, 0.6) is 0 Å². The third kappa shape index (κ3) is 3.57. The fourth-order valence-corrected chi connectivity index (χ4v) is 2.21. The van der Waals surface area contributed by atoms with Gasteiger partial charge in [-0.1, -0.05) is 0 Å². The van der Waals surface area contributed by atoms with Gasteiger partial charge < -0.3 is 16.2 Å². The quantitative estimate of drug-likeness (QED) is 0.615. The third-order valence-corrected chi connectivity index (χ3v) is 3.29. The molecular formula is C11H20N2O3. The van der Waals surface area contributed by atoms with Crippen molar-refractivity contribution in [1.29, 1.82) is 0 Å². The number of hydrogen-bond donors (Lipinski definition) is 2. The Hall–Kier alpha value is -0.940. The summed E-state index contributed by atoms with van der Waals surface area (Å²) in [6, 6.07) is -0.676. The van der Waals surface area contributed by atoms with E-state index in [0.717, 1.165) is 25.7 Å². The summed E-state index contributed by atoms with van der Waals surface area (Å²) in [7, 11) is 0. The van der Waals surface area contributed by atoms with Crippen molar-refractivity contribution in [2.24, 2.45) is 23.3 Å². The Bertz CT molecular complexity index is 237. The lowest BCUT2D eigenvalue weighted by molar-refractivity contribution is -0.132. The zero-order chi connectivity index (χ0) is 12.0. The first kappa shape index (κ1) is 13.1. The van der Waals surface area contributed by atoms with E-state index >= 15 is 0 Å². The van der Waals surface area contributed by atoms with Crippen LogP contribution in [-0.4, -0.2) is 31.4 Å². The first-order valence-electron chi connectivity index (χ1n) is 5.73. The maximum absolute atomic E-state index is 11.8. The molecule has 0 aromatic carbocycles. The van der Waals surface area contributed by atoms with Gasteiger partial charge in [0.1, 0.15) is 6.61 Å². The van der Waals surface area contributed by atoms with E-state index in [1.54, 1.807) is 0 Å². The molecule has 0 heterocycles. The molecule has 1 atom stereocenters. The number of rotatable bonds is 6. The van der Waals surface area contributed by atoms with Gasteiger partial charge in [0.2, 0.25) is 0 Å². The van der Waals surface area contributed by atoms with Crippen molar-refractivity contribution in [2.45, 2.75) is 31.7 Å². The van der Waals surface area contributed by atoms with Gasteiger partial charge in [0, 0.05) is 5.92 Å². The minimum absolute atomic E-state index is 0.0114. The summed E-state index contributed by atoms with van der Waals surface area (Å²) in [5.74, 6) is 0.580. The van der Waals surface area contributed by atoms with Crippen molar-refractivity contribution in [1.82, 2.24) is 0 Å². The molecule has 0 spiro atoms. The van der Waals surface area contributed by atoms with Crippen LogP contribution in [0.15, 0.2) is 0 Å². The average molecular weight is 228 g/mol. The van der Waals surface area contributed by atoms with Gasteiger partial charge in [0.15, 0.2) is 5.78 Å². The molecule has 1 aliphatic carbocycles. The summed E-state index contributed by atoms with van der Waals surface area (Å²) in [5.41, 5.74) is 11.2. The molecule has 0 amide bonds. The van der Waals surface area contributed by atoms with Crippen LogP contribution in [0.4, 0.5) is 0 Å². The van der Waals surface area contributed by atoms with Crippen molar-refractivity contribution in [3.63, 3.8) is 0 Å². The molecule has 0 bridgehead atoms. The smallest absolute Gasteiger partial charge is 0.293 e. The van der Waals surface area contributed by atoms with Gasteiger partial charge in [0.25, 0.3) is 6.47 Å². The second-order valence-electron chi connectivity index (χ2n) is 4.39. The Labute approximate surface area is 95.5 Å². The van der Waals surface area contributed by atoms with Gasteiger partial charge in [-0.2, -0.15) is 0 Å². The van der Waals surface area contributed by atoms with Gasteiger partial charge in [-0.05, 0) is 38.1 Å². The van der Waals surface area contributed by atoms with E-state index in [0.29, 0.717) is 18.9 Å². The van der Waals surface area contributed by atoms with E-state index in [-0.39, 0.29) is 18.3 Å². The van der Waals surface area contributed by atoms with Crippen LogP contribution in [-0.2, 0) is 14.3 Å². The lowest BCUT2D eigenvalue weighted by atomic mass is 9.79. The Balaban J connectivity index is 2.34. The molecule has 0 aromatic rings. The minimum atomic E-state index is -0.676. The Morgan fingerprint density at radius 1 is 1.38 bits per heavy atom. The monoisotopic (exact) mass is 228 g/mol. The molecular weight excluding hydrogens is 208 g/mol. The summed E-state index contributed by atoms with van der Waals surface area (Å²) in [6.07, 6.45) is 3.70. The van der Waals surface area contributed by atoms with Crippen LogP contribution < -0.4 is 11.5 Å². The first-order valence-corrected chi connectivity index (χ1v) is 5.73. The maximum Gasteiger partial charge on any atom is 0.293 e. The highest BCUT2D eigenvalue weighted by Crippen LogP contribution is 2.29. The van der Waals surface area contributed by atoms with Crippen LogP contribution in [0.25, 0.3) is 0 Å². The third-order valence-electron chi connectivity index (χ3n) is 3.29. The van der Waals surface area contributed by atoms with Crippen LogP contribution in [0.1, 0.15) is 25.7 Å². The zero-order valence-corrected chi connectivity index (χ0v) is 9.43. The Morgan fingerprint density at radius 2 is 2.00 bits per heavy atom. The highest BCUT2D eigenvalue weighted by molar-refractivity contribution is 5.86. The molecule has 0 saturated heterocycles. The molecule has 1 saturated carbocycles. The summed E-state index contributed by atoms with van der Waals surface area (Å²) in [6.45, 7) is 0.999. The fourth-order valence-electron chi connectivity index (χ4n) is 2.21. The molecule has 0 unspecified atom stereocenters. The number of nitrogens with two attached hydrogens (primary N) is 2. The second kappa shape index (κ2) is 6.60. The van der Waals surface area contributed by atoms with Gasteiger partial charge in [-0.15, -0.1) is 0 Å². The normalized spacial score (nSPS) is 27.1. The minimum Gasteiger partial charge on any atom is -0.466 e. The molecule has 4 N–H and O–H groups in total. The molecule has 1 fully saturated rings. The number of carbonyl (C=O) groups is 2. The summed E-state index contributed by atoms with van der Waals surface area (Å²) >= 11 is 0. The van der Waals surface area contributed by atoms with E-state index < -0.39 is 6.04 Å².